The lowest BCUT2D eigenvalue weighted by atomic mass is 9.93. The van der Waals surface area contributed by atoms with E-state index in [0.29, 0.717) is 24.2 Å². The summed E-state index contributed by atoms with van der Waals surface area (Å²) in [4.78, 5) is 26.7. The molecule has 0 radical (unpaired) electrons. The lowest BCUT2D eigenvalue weighted by molar-refractivity contribution is -0.133. The molecule has 1 aliphatic heterocycles. The number of aromatic nitrogens is 3. The van der Waals surface area contributed by atoms with Crippen molar-refractivity contribution >= 4 is 17.0 Å². The Bertz CT molecular complexity index is 968. The van der Waals surface area contributed by atoms with Crippen molar-refractivity contribution in [1.82, 2.24) is 19.7 Å². The van der Waals surface area contributed by atoms with Crippen molar-refractivity contribution in [1.29, 1.82) is 0 Å². The largest absolute Gasteiger partial charge is 0.420 e. The van der Waals surface area contributed by atoms with E-state index >= 15 is 0 Å². The highest BCUT2D eigenvalue weighted by Crippen LogP contribution is 2.27. The average molecular weight is 340 g/mol. The number of carbonyl (C=O) groups excluding carboxylic acids is 1. The van der Waals surface area contributed by atoms with Gasteiger partial charge in [0.1, 0.15) is 6.54 Å². The number of nitrogens with one attached hydrogen (secondary N) is 1. The molecule has 3 aromatic rings. The number of oxazole rings is 1. The molecule has 25 heavy (non-hydrogen) atoms. The zero-order chi connectivity index (χ0) is 17.4. The molecule has 7 heteroatoms. The van der Waals surface area contributed by atoms with Crippen molar-refractivity contribution in [3.63, 3.8) is 0 Å². The molecule has 130 valence electrons. The summed E-state index contributed by atoms with van der Waals surface area (Å²) in [5, 5.41) is 7.14. The van der Waals surface area contributed by atoms with Gasteiger partial charge in [0.05, 0.1) is 11.7 Å². The minimum absolute atomic E-state index is 0.00449. The van der Waals surface area contributed by atoms with Crippen molar-refractivity contribution in [2.24, 2.45) is 0 Å². The first-order valence-electron chi connectivity index (χ1n) is 8.49. The number of H-pyrrole nitrogens is 1. The topological polar surface area (TPSA) is 84.1 Å². The minimum Gasteiger partial charge on any atom is -0.408 e. The van der Waals surface area contributed by atoms with Crippen LogP contribution < -0.4 is 5.76 Å². The standard InChI is InChI=1S/C18H20N4O3/c1-12-9-19-20-17(12)13-5-4-8-21(10-13)16(23)11-22-14-6-2-3-7-15(14)25-18(22)24/h2-3,6-7,9,13H,4-5,8,10-11H2,1H3,(H,19,20)/t13-/m1/s1. The van der Waals surface area contributed by atoms with Gasteiger partial charge in [0, 0.05) is 24.7 Å². The lowest BCUT2D eigenvalue weighted by Crippen LogP contribution is -2.41. The van der Waals surface area contributed by atoms with Crippen LogP contribution in [0.15, 0.2) is 39.7 Å². The number of aryl methyl sites for hydroxylation is 1. The third-order valence-corrected chi connectivity index (χ3v) is 4.92. The maximum absolute atomic E-state index is 12.8. The summed E-state index contributed by atoms with van der Waals surface area (Å²) in [5.41, 5.74) is 3.38. The molecular formula is C18H20N4O3. The summed E-state index contributed by atoms with van der Waals surface area (Å²) in [6.45, 7) is 3.39. The van der Waals surface area contributed by atoms with Crippen LogP contribution in [0.25, 0.3) is 11.1 Å². The van der Waals surface area contributed by atoms with Gasteiger partial charge < -0.3 is 9.32 Å². The molecule has 7 nitrogen and oxygen atoms in total. The first-order valence-corrected chi connectivity index (χ1v) is 8.49. The number of amides is 1. The second kappa shape index (κ2) is 6.23. The van der Waals surface area contributed by atoms with Crippen LogP contribution in [0, 0.1) is 6.92 Å². The number of likely N-dealkylation sites (tertiary alicyclic amines) is 1. The van der Waals surface area contributed by atoms with Gasteiger partial charge in [-0.3, -0.25) is 14.5 Å². The summed E-state index contributed by atoms with van der Waals surface area (Å²) >= 11 is 0. The van der Waals surface area contributed by atoms with Crippen LogP contribution in [-0.4, -0.2) is 38.7 Å². The molecule has 0 spiro atoms. The third-order valence-electron chi connectivity index (χ3n) is 4.92. The fraction of sp³-hybridized carbons (Fsp3) is 0.389. The molecule has 1 amide bonds. The van der Waals surface area contributed by atoms with Crippen LogP contribution in [0.2, 0.25) is 0 Å². The van der Waals surface area contributed by atoms with Gasteiger partial charge in [0.15, 0.2) is 5.58 Å². The summed E-state index contributed by atoms with van der Waals surface area (Å²) in [7, 11) is 0. The zero-order valence-electron chi connectivity index (χ0n) is 14.1. The van der Waals surface area contributed by atoms with E-state index in [-0.39, 0.29) is 18.4 Å². The Morgan fingerprint density at radius 1 is 1.40 bits per heavy atom. The second-order valence-electron chi connectivity index (χ2n) is 6.57. The number of nitrogens with zero attached hydrogens (tertiary/aromatic N) is 3. The molecule has 0 aliphatic carbocycles. The monoisotopic (exact) mass is 340 g/mol. The van der Waals surface area contributed by atoms with E-state index in [1.54, 1.807) is 18.2 Å². The van der Waals surface area contributed by atoms with Crippen molar-refractivity contribution in [2.45, 2.75) is 32.2 Å². The predicted molar refractivity (Wildman–Crippen MR) is 92.4 cm³/mol. The molecule has 1 aromatic carbocycles. The van der Waals surface area contributed by atoms with Gasteiger partial charge in [0.25, 0.3) is 0 Å². The number of aromatic amines is 1. The molecule has 1 atom stereocenters. The van der Waals surface area contributed by atoms with E-state index in [0.717, 1.165) is 24.1 Å². The molecule has 3 heterocycles. The summed E-state index contributed by atoms with van der Waals surface area (Å²) in [6, 6.07) is 7.16. The summed E-state index contributed by atoms with van der Waals surface area (Å²) in [5.74, 6) is -0.291. The Morgan fingerprint density at radius 3 is 3.04 bits per heavy atom. The fourth-order valence-corrected chi connectivity index (χ4v) is 3.61. The third kappa shape index (κ3) is 2.86. The quantitative estimate of drug-likeness (QED) is 0.791. The first-order chi connectivity index (χ1) is 12.1. The van der Waals surface area contributed by atoms with Crippen LogP contribution >= 0.6 is 0 Å². The number of carbonyl (C=O) groups is 1. The second-order valence-corrected chi connectivity index (χ2v) is 6.57. The van der Waals surface area contributed by atoms with Gasteiger partial charge in [-0.05, 0) is 37.5 Å². The Balaban J connectivity index is 1.53. The van der Waals surface area contributed by atoms with Crippen molar-refractivity contribution in [3.8, 4) is 0 Å². The molecule has 1 N–H and O–H groups in total. The van der Waals surface area contributed by atoms with E-state index in [1.807, 2.05) is 24.1 Å². The Morgan fingerprint density at radius 2 is 2.24 bits per heavy atom. The Hall–Kier alpha value is -2.83. The van der Waals surface area contributed by atoms with Crippen LogP contribution in [0.4, 0.5) is 0 Å². The molecule has 1 fully saturated rings. The Kier molecular flexibility index (Phi) is 3.91. The summed E-state index contributed by atoms with van der Waals surface area (Å²) in [6.07, 6.45) is 3.78. The maximum atomic E-state index is 12.8. The normalized spacial score (nSPS) is 18.0. The van der Waals surface area contributed by atoms with Gasteiger partial charge in [-0.15, -0.1) is 0 Å². The number of benzene rings is 1. The summed E-state index contributed by atoms with van der Waals surface area (Å²) < 4.78 is 6.61. The highest BCUT2D eigenvalue weighted by Gasteiger charge is 2.27. The highest BCUT2D eigenvalue weighted by atomic mass is 16.4. The number of rotatable bonds is 3. The zero-order valence-corrected chi connectivity index (χ0v) is 14.1. The molecular weight excluding hydrogens is 320 g/mol. The van der Waals surface area contributed by atoms with Gasteiger partial charge in [0.2, 0.25) is 5.91 Å². The molecule has 1 aliphatic rings. The minimum atomic E-state index is -0.493. The fourth-order valence-electron chi connectivity index (χ4n) is 3.61. The molecule has 0 saturated carbocycles. The molecule has 2 aromatic heterocycles. The van der Waals surface area contributed by atoms with Gasteiger partial charge >= 0.3 is 5.76 Å². The van der Waals surface area contributed by atoms with E-state index in [4.69, 9.17) is 4.42 Å². The first kappa shape index (κ1) is 15.7. The maximum Gasteiger partial charge on any atom is 0.420 e. The number of para-hydroxylation sites is 2. The van der Waals surface area contributed by atoms with Gasteiger partial charge in [-0.2, -0.15) is 5.10 Å². The van der Waals surface area contributed by atoms with E-state index in [1.165, 1.54) is 4.57 Å². The van der Waals surface area contributed by atoms with E-state index in [2.05, 4.69) is 10.2 Å². The van der Waals surface area contributed by atoms with Crippen LogP contribution in [0.3, 0.4) is 0 Å². The number of piperidine rings is 1. The van der Waals surface area contributed by atoms with E-state index < -0.39 is 5.76 Å². The van der Waals surface area contributed by atoms with Crippen LogP contribution in [0.1, 0.15) is 30.0 Å². The van der Waals surface area contributed by atoms with Crippen LogP contribution in [-0.2, 0) is 11.3 Å². The van der Waals surface area contributed by atoms with Crippen molar-refractivity contribution < 1.29 is 9.21 Å². The van der Waals surface area contributed by atoms with Gasteiger partial charge in [-0.25, -0.2) is 4.79 Å². The van der Waals surface area contributed by atoms with Gasteiger partial charge in [-0.1, -0.05) is 12.1 Å². The smallest absolute Gasteiger partial charge is 0.408 e. The molecule has 0 bridgehead atoms. The van der Waals surface area contributed by atoms with Crippen molar-refractivity contribution in [3.05, 3.63) is 52.3 Å². The van der Waals surface area contributed by atoms with Crippen molar-refractivity contribution in [2.75, 3.05) is 13.1 Å². The highest BCUT2D eigenvalue weighted by molar-refractivity contribution is 5.79. The average Bonchev–Trinajstić information content (AvgIpc) is 3.18. The SMILES string of the molecule is Cc1cn[nH]c1[C@@H]1CCCN(C(=O)Cn2c(=O)oc3ccccc32)C1. The number of hydrogen-bond acceptors (Lipinski definition) is 4. The number of hydrogen-bond donors (Lipinski definition) is 1. The molecule has 4 rings (SSSR count). The molecule has 0 unspecified atom stereocenters. The van der Waals surface area contributed by atoms with E-state index in [9.17, 15) is 9.59 Å². The molecule has 1 saturated heterocycles. The predicted octanol–water partition coefficient (Wildman–Crippen LogP) is 2.03. The Labute approximate surface area is 144 Å². The number of fused-ring (bicyclic) bond motifs is 1. The van der Waals surface area contributed by atoms with Crippen LogP contribution in [0.5, 0.6) is 0 Å². The lowest BCUT2D eigenvalue weighted by Gasteiger charge is -2.32.